The zero-order valence-electron chi connectivity index (χ0n) is 9.42. The third kappa shape index (κ3) is 3.29. The van der Waals surface area contributed by atoms with E-state index < -0.39 is 0 Å². The molecule has 82 valence electrons. The molecule has 0 radical (unpaired) electrons. The number of hydrogen-bond acceptors (Lipinski definition) is 2. The molecule has 0 aromatic carbocycles. The number of nitrogens with one attached hydrogen (secondary N) is 1. The van der Waals surface area contributed by atoms with E-state index in [9.17, 15) is 0 Å². The molecule has 0 bridgehead atoms. The Hall–Kier alpha value is -0.570. The van der Waals surface area contributed by atoms with Crippen molar-refractivity contribution in [2.75, 3.05) is 13.6 Å². The van der Waals surface area contributed by atoms with Crippen LogP contribution < -0.4 is 5.73 Å². The van der Waals surface area contributed by atoms with Gasteiger partial charge in [-0.2, -0.15) is 0 Å². The number of amidine groups is 1. The smallest absolute Gasteiger partial charge is 0.0921 e. The first-order chi connectivity index (χ1) is 6.63. The van der Waals surface area contributed by atoms with Gasteiger partial charge in [0.1, 0.15) is 0 Å². The molecule has 0 saturated heterocycles. The summed E-state index contributed by atoms with van der Waals surface area (Å²) in [5, 5.41) is 7.31. The van der Waals surface area contributed by atoms with Gasteiger partial charge in [0.05, 0.1) is 5.84 Å². The van der Waals surface area contributed by atoms with E-state index >= 15 is 0 Å². The molecule has 1 saturated carbocycles. The van der Waals surface area contributed by atoms with Crippen LogP contribution in [0.4, 0.5) is 0 Å². The van der Waals surface area contributed by atoms with Gasteiger partial charge < -0.3 is 10.6 Å². The Morgan fingerprint density at radius 1 is 1.57 bits per heavy atom. The minimum atomic E-state index is 0.317. The van der Waals surface area contributed by atoms with E-state index in [0.29, 0.717) is 11.9 Å². The molecule has 0 aromatic rings. The lowest BCUT2D eigenvalue weighted by Crippen LogP contribution is -2.39. The van der Waals surface area contributed by atoms with Crippen LogP contribution in [0.2, 0.25) is 0 Å². The van der Waals surface area contributed by atoms with E-state index in [2.05, 4.69) is 18.9 Å². The highest BCUT2D eigenvalue weighted by molar-refractivity contribution is 5.77. The van der Waals surface area contributed by atoms with Gasteiger partial charge >= 0.3 is 0 Å². The molecule has 1 unspecified atom stereocenters. The van der Waals surface area contributed by atoms with Crippen molar-refractivity contribution in [2.45, 2.75) is 45.1 Å². The number of rotatable bonds is 6. The highest BCUT2D eigenvalue weighted by atomic mass is 15.1. The first kappa shape index (κ1) is 11.5. The molecule has 0 aromatic heterocycles. The Morgan fingerprint density at radius 3 is 2.57 bits per heavy atom. The van der Waals surface area contributed by atoms with E-state index in [1.807, 2.05) is 0 Å². The summed E-state index contributed by atoms with van der Waals surface area (Å²) in [6.07, 6.45) is 5.99. The van der Waals surface area contributed by atoms with Gasteiger partial charge in [-0.25, -0.2) is 0 Å². The topological polar surface area (TPSA) is 53.1 Å². The summed E-state index contributed by atoms with van der Waals surface area (Å²) in [6.45, 7) is 3.36. The maximum absolute atomic E-state index is 7.31. The minimum absolute atomic E-state index is 0.317. The Labute approximate surface area is 87.2 Å². The Morgan fingerprint density at radius 2 is 2.21 bits per heavy atom. The second kappa shape index (κ2) is 5.35. The largest absolute Gasteiger partial charge is 0.388 e. The predicted molar refractivity (Wildman–Crippen MR) is 60.6 cm³/mol. The van der Waals surface area contributed by atoms with E-state index in [-0.39, 0.29) is 0 Å². The highest BCUT2D eigenvalue weighted by Gasteiger charge is 2.22. The van der Waals surface area contributed by atoms with Gasteiger partial charge in [-0.1, -0.05) is 13.3 Å². The molecule has 1 aliphatic carbocycles. The number of nitrogens with two attached hydrogens (primary N) is 1. The van der Waals surface area contributed by atoms with Gasteiger partial charge in [0.25, 0.3) is 0 Å². The molecular weight excluding hydrogens is 174 g/mol. The third-order valence-corrected chi connectivity index (χ3v) is 3.32. The monoisotopic (exact) mass is 197 g/mol. The Kier molecular flexibility index (Phi) is 4.39. The number of nitrogens with zero attached hydrogens (tertiary/aromatic N) is 1. The van der Waals surface area contributed by atoms with E-state index in [1.54, 1.807) is 0 Å². The van der Waals surface area contributed by atoms with Crippen LogP contribution in [0.15, 0.2) is 0 Å². The van der Waals surface area contributed by atoms with Crippen molar-refractivity contribution in [3.05, 3.63) is 0 Å². The fourth-order valence-corrected chi connectivity index (χ4v) is 2.10. The van der Waals surface area contributed by atoms with Crippen molar-refractivity contribution >= 4 is 5.84 Å². The molecule has 1 fully saturated rings. The fourth-order valence-electron chi connectivity index (χ4n) is 2.10. The van der Waals surface area contributed by atoms with Gasteiger partial charge in [0, 0.05) is 19.0 Å². The van der Waals surface area contributed by atoms with Crippen LogP contribution >= 0.6 is 0 Å². The van der Waals surface area contributed by atoms with Crippen molar-refractivity contribution < 1.29 is 0 Å². The van der Waals surface area contributed by atoms with Gasteiger partial charge in [-0.05, 0) is 32.2 Å². The van der Waals surface area contributed by atoms with Crippen LogP contribution in [0.25, 0.3) is 0 Å². The van der Waals surface area contributed by atoms with Crippen LogP contribution in [0.3, 0.4) is 0 Å². The Balaban J connectivity index is 2.29. The lowest BCUT2D eigenvalue weighted by Gasteiger charge is -2.34. The lowest BCUT2D eigenvalue weighted by atomic mass is 9.85. The molecule has 1 rings (SSSR count). The lowest BCUT2D eigenvalue weighted by molar-refractivity contribution is 0.161. The van der Waals surface area contributed by atoms with Gasteiger partial charge in [-0.15, -0.1) is 0 Å². The summed E-state index contributed by atoms with van der Waals surface area (Å²) in [5.41, 5.74) is 5.44. The zero-order valence-corrected chi connectivity index (χ0v) is 9.42. The van der Waals surface area contributed by atoms with Gasteiger partial charge in [0.2, 0.25) is 0 Å². The molecule has 0 aliphatic heterocycles. The summed E-state index contributed by atoms with van der Waals surface area (Å²) < 4.78 is 0. The molecule has 1 atom stereocenters. The quantitative estimate of drug-likeness (QED) is 0.504. The van der Waals surface area contributed by atoms with Crippen molar-refractivity contribution in [1.29, 1.82) is 5.41 Å². The summed E-state index contributed by atoms with van der Waals surface area (Å²) in [4.78, 5) is 2.38. The van der Waals surface area contributed by atoms with Crippen molar-refractivity contribution in [2.24, 2.45) is 11.7 Å². The second-order valence-corrected chi connectivity index (χ2v) is 4.53. The summed E-state index contributed by atoms with van der Waals surface area (Å²) >= 11 is 0. The molecule has 14 heavy (non-hydrogen) atoms. The number of hydrogen-bond donors (Lipinski definition) is 2. The average molecular weight is 197 g/mol. The average Bonchev–Trinajstić information content (AvgIpc) is 2.06. The van der Waals surface area contributed by atoms with Gasteiger partial charge in [0.15, 0.2) is 0 Å². The van der Waals surface area contributed by atoms with E-state index in [1.165, 1.54) is 25.8 Å². The van der Waals surface area contributed by atoms with E-state index in [0.717, 1.165) is 18.8 Å². The molecule has 0 spiro atoms. The predicted octanol–water partition coefficient (Wildman–Crippen LogP) is 1.82. The standard InChI is InChI=1S/C11H23N3/c1-3-10(7-11(12)13)14(2)8-9-5-4-6-9/h9-10H,3-8H2,1-2H3,(H3,12,13). The maximum Gasteiger partial charge on any atom is 0.0921 e. The van der Waals surface area contributed by atoms with Crippen molar-refractivity contribution in [3.63, 3.8) is 0 Å². The normalized spacial score (nSPS) is 19.4. The zero-order chi connectivity index (χ0) is 10.6. The van der Waals surface area contributed by atoms with Gasteiger partial charge in [-0.3, -0.25) is 5.41 Å². The first-order valence-electron chi connectivity index (χ1n) is 5.66. The summed E-state index contributed by atoms with van der Waals surface area (Å²) in [6, 6.07) is 0.466. The van der Waals surface area contributed by atoms with Crippen molar-refractivity contribution in [3.8, 4) is 0 Å². The molecule has 3 nitrogen and oxygen atoms in total. The fraction of sp³-hybridized carbons (Fsp3) is 0.909. The third-order valence-electron chi connectivity index (χ3n) is 3.32. The van der Waals surface area contributed by atoms with E-state index in [4.69, 9.17) is 11.1 Å². The molecule has 3 N–H and O–H groups in total. The summed E-state index contributed by atoms with van der Waals surface area (Å²) in [7, 11) is 2.16. The SMILES string of the molecule is CCC(CC(=N)N)N(C)CC1CCC1. The van der Waals surface area contributed by atoms with Crippen LogP contribution in [-0.2, 0) is 0 Å². The first-order valence-corrected chi connectivity index (χ1v) is 5.66. The van der Waals surface area contributed by atoms with Crippen LogP contribution in [0, 0.1) is 11.3 Å². The molecule has 0 amide bonds. The van der Waals surface area contributed by atoms with Crippen molar-refractivity contribution in [1.82, 2.24) is 4.90 Å². The molecule has 0 heterocycles. The second-order valence-electron chi connectivity index (χ2n) is 4.53. The van der Waals surface area contributed by atoms with Crippen LogP contribution in [-0.4, -0.2) is 30.4 Å². The Bertz CT molecular complexity index is 187. The molecule has 1 aliphatic rings. The van der Waals surface area contributed by atoms with Crippen LogP contribution in [0.5, 0.6) is 0 Å². The van der Waals surface area contributed by atoms with Crippen LogP contribution in [0.1, 0.15) is 39.0 Å². The molecular formula is C11H23N3. The maximum atomic E-state index is 7.31. The summed E-state index contributed by atoms with van der Waals surface area (Å²) in [5.74, 6) is 1.22. The minimum Gasteiger partial charge on any atom is -0.388 e. The highest BCUT2D eigenvalue weighted by Crippen LogP contribution is 2.27. The molecule has 3 heteroatoms.